The van der Waals surface area contributed by atoms with E-state index in [-0.39, 0.29) is 5.91 Å². The summed E-state index contributed by atoms with van der Waals surface area (Å²) >= 11 is 0. The van der Waals surface area contributed by atoms with Gasteiger partial charge < -0.3 is 4.90 Å². The average molecular weight is 310 g/mol. The molecule has 6 heteroatoms. The number of carbonyl (C=O) groups excluding carboxylic acids is 1. The van der Waals surface area contributed by atoms with Gasteiger partial charge in [-0.25, -0.2) is 8.42 Å². The molecule has 21 heavy (non-hydrogen) atoms. The first-order valence-corrected chi connectivity index (χ1v) is 8.97. The molecule has 116 valence electrons. The Hall–Kier alpha value is -1.56. The van der Waals surface area contributed by atoms with Gasteiger partial charge in [0, 0.05) is 25.7 Å². The number of anilines is 1. The van der Waals surface area contributed by atoms with Crippen LogP contribution in [0.2, 0.25) is 0 Å². The molecule has 0 aliphatic carbocycles. The van der Waals surface area contributed by atoms with E-state index >= 15 is 0 Å². The Kier molecular flexibility index (Phi) is 4.56. The molecule has 1 heterocycles. The minimum Gasteiger partial charge on any atom is -0.338 e. The zero-order valence-corrected chi connectivity index (χ0v) is 13.6. The van der Waals surface area contributed by atoms with Gasteiger partial charge in [0.05, 0.1) is 11.9 Å². The molecule has 0 unspecified atom stereocenters. The lowest BCUT2D eigenvalue weighted by Gasteiger charge is -2.31. The van der Waals surface area contributed by atoms with Crippen molar-refractivity contribution in [3.05, 3.63) is 29.8 Å². The molecular formula is C15H22N2O3S. The summed E-state index contributed by atoms with van der Waals surface area (Å²) in [5, 5.41) is 0. The smallest absolute Gasteiger partial charge is 0.253 e. The van der Waals surface area contributed by atoms with Crippen molar-refractivity contribution in [2.45, 2.75) is 19.8 Å². The van der Waals surface area contributed by atoms with E-state index in [0.29, 0.717) is 17.2 Å². The first-order valence-electron chi connectivity index (χ1n) is 7.12. The van der Waals surface area contributed by atoms with Crippen molar-refractivity contribution in [2.75, 3.05) is 30.7 Å². The second kappa shape index (κ2) is 6.05. The van der Waals surface area contributed by atoms with Crippen LogP contribution < -0.4 is 4.31 Å². The lowest BCUT2D eigenvalue weighted by molar-refractivity contribution is 0.0683. The van der Waals surface area contributed by atoms with Crippen LogP contribution in [-0.4, -0.2) is 45.6 Å². The summed E-state index contributed by atoms with van der Waals surface area (Å²) in [4.78, 5) is 14.4. The summed E-state index contributed by atoms with van der Waals surface area (Å²) in [5.41, 5.74) is 1.05. The van der Waals surface area contributed by atoms with E-state index in [4.69, 9.17) is 0 Å². The summed E-state index contributed by atoms with van der Waals surface area (Å²) in [7, 11) is -1.84. The molecule has 1 aliphatic rings. The van der Waals surface area contributed by atoms with Crippen LogP contribution in [0.25, 0.3) is 0 Å². The summed E-state index contributed by atoms with van der Waals surface area (Å²) in [6.07, 6.45) is 3.32. The van der Waals surface area contributed by atoms with E-state index in [1.165, 1.54) is 11.4 Å². The van der Waals surface area contributed by atoms with E-state index in [9.17, 15) is 13.2 Å². The summed E-state index contributed by atoms with van der Waals surface area (Å²) in [5.74, 6) is 0.495. The normalized spacial score (nSPS) is 19.4. The van der Waals surface area contributed by atoms with E-state index in [1.807, 2.05) is 4.90 Å². The second-order valence-corrected chi connectivity index (χ2v) is 7.79. The SMILES string of the molecule is C[C@H]1CCCN(C(=O)c2cccc(N(C)S(C)(=O)=O)c2)C1. The van der Waals surface area contributed by atoms with Crippen LogP contribution in [0.5, 0.6) is 0 Å². The average Bonchev–Trinajstić information content (AvgIpc) is 2.45. The fourth-order valence-electron chi connectivity index (χ4n) is 2.58. The Morgan fingerprint density at radius 3 is 2.71 bits per heavy atom. The predicted molar refractivity (Wildman–Crippen MR) is 84.0 cm³/mol. The third kappa shape index (κ3) is 3.75. The highest BCUT2D eigenvalue weighted by atomic mass is 32.2. The molecule has 0 spiro atoms. The maximum absolute atomic E-state index is 12.5. The molecule has 1 aliphatic heterocycles. The molecule has 0 radical (unpaired) electrons. The van der Waals surface area contributed by atoms with Crippen LogP contribution in [0, 0.1) is 5.92 Å². The van der Waals surface area contributed by atoms with Gasteiger partial charge in [-0.1, -0.05) is 13.0 Å². The Morgan fingerprint density at radius 2 is 2.10 bits per heavy atom. The molecule has 1 saturated heterocycles. The summed E-state index contributed by atoms with van der Waals surface area (Å²) in [6, 6.07) is 6.79. The monoisotopic (exact) mass is 310 g/mol. The Balaban J connectivity index is 2.23. The van der Waals surface area contributed by atoms with Crippen molar-refractivity contribution in [3.63, 3.8) is 0 Å². The van der Waals surface area contributed by atoms with Gasteiger partial charge in [0.1, 0.15) is 0 Å². The van der Waals surface area contributed by atoms with Crippen molar-refractivity contribution >= 4 is 21.6 Å². The quantitative estimate of drug-likeness (QED) is 0.857. The Morgan fingerprint density at radius 1 is 1.38 bits per heavy atom. The van der Waals surface area contributed by atoms with Crippen molar-refractivity contribution in [1.29, 1.82) is 0 Å². The first kappa shape index (κ1) is 15.8. The zero-order valence-electron chi connectivity index (χ0n) is 12.7. The molecule has 1 aromatic rings. The Bertz CT molecular complexity index is 628. The molecule has 1 amide bonds. The minimum atomic E-state index is -3.32. The van der Waals surface area contributed by atoms with Crippen molar-refractivity contribution in [2.24, 2.45) is 5.92 Å². The number of hydrogen-bond acceptors (Lipinski definition) is 3. The van der Waals surface area contributed by atoms with Crippen molar-refractivity contribution < 1.29 is 13.2 Å². The minimum absolute atomic E-state index is 0.0229. The largest absolute Gasteiger partial charge is 0.338 e. The first-order chi connectivity index (χ1) is 9.79. The van der Waals surface area contributed by atoms with Gasteiger partial charge in [0.25, 0.3) is 5.91 Å². The van der Waals surface area contributed by atoms with Crippen LogP contribution in [0.1, 0.15) is 30.1 Å². The van der Waals surface area contributed by atoms with Crippen LogP contribution in [-0.2, 0) is 10.0 Å². The highest BCUT2D eigenvalue weighted by molar-refractivity contribution is 7.92. The molecule has 2 rings (SSSR count). The van der Waals surface area contributed by atoms with Gasteiger partial charge in [-0.05, 0) is 37.0 Å². The molecule has 1 fully saturated rings. The van der Waals surface area contributed by atoms with E-state index in [1.54, 1.807) is 24.3 Å². The molecule has 1 aromatic carbocycles. The van der Waals surface area contributed by atoms with E-state index in [0.717, 1.165) is 32.2 Å². The summed E-state index contributed by atoms with van der Waals surface area (Å²) < 4.78 is 24.4. The zero-order chi connectivity index (χ0) is 15.6. The van der Waals surface area contributed by atoms with Crippen LogP contribution in [0.15, 0.2) is 24.3 Å². The van der Waals surface area contributed by atoms with Crippen molar-refractivity contribution in [1.82, 2.24) is 4.90 Å². The standard InChI is InChI=1S/C15H22N2O3S/c1-12-6-5-9-17(11-12)15(18)13-7-4-8-14(10-13)16(2)21(3,19)20/h4,7-8,10,12H,5-6,9,11H2,1-3H3/t12-/m0/s1. The van der Waals surface area contributed by atoms with Crippen molar-refractivity contribution in [3.8, 4) is 0 Å². The topological polar surface area (TPSA) is 57.7 Å². The molecular weight excluding hydrogens is 288 g/mol. The second-order valence-electron chi connectivity index (χ2n) is 5.78. The molecule has 1 atom stereocenters. The third-order valence-electron chi connectivity index (χ3n) is 3.90. The predicted octanol–water partition coefficient (Wildman–Crippen LogP) is 1.95. The fraction of sp³-hybridized carbons (Fsp3) is 0.533. The number of sulfonamides is 1. The molecule has 0 saturated carbocycles. The lowest BCUT2D eigenvalue weighted by Crippen LogP contribution is -2.39. The number of benzene rings is 1. The van der Waals surface area contributed by atoms with Gasteiger partial charge in [-0.2, -0.15) is 0 Å². The highest BCUT2D eigenvalue weighted by Crippen LogP contribution is 2.21. The number of likely N-dealkylation sites (tertiary alicyclic amines) is 1. The van der Waals surface area contributed by atoms with E-state index in [2.05, 4.69) is 6.92 Å². The number of nitrogens with zero attached hydrogens (tertiary/aromatic N) is 2. The highest BCUT2D eigenvalue weighted by Gasteiger charge is 2.22. The number of piperidine rings is 1. The lowest BCUT2D eigenvalue weighted by atomic mass is 9.99. The fourth-order valence-corrected chi connectivity index (χ4v) is 3.08. The maximum Gasteiger partial charge on any atom is 0.253 e. The van der Waals surface area contributed by atoms with Gasteiger partial charge in [-0.15, -0.1) is 0 Å². The third-order valence-corrected chi connectivity index (χ3v) is 5.10. The van der Waals surface area contributed by atoms with Crippen LogP contribution in [0.4, 0.5) is 5.69 Å². The van der Waals surface area contributed by atoms with Gasteiger partial charge in [-0.3, -0.25) is 9.10 Å². The number of carbonyl (C=O) groups is 1. The molecule has 5 nitrogen and oxygen atoms in total. The summed E-state index contributed by atoms with van der Waals surface area (Å²) in [6.45, 7) is 3.69. The molecule has 0 bridgehead atoms. The number of hydrogen-bond donors (Lipinski definition) is 0. The van der Waals surface area contributed by atoms with E-state index < -0.39 is 10.0 Å². The number of rotatable bonds is 3. The number of amides is 1. The maximum atomic E-state index is 12.5. The van der Waals surface area contributed by atoms with Gasteiger partial charge in [0.2, 0.25) is 10.0 Å². The Labute approximate surface area is 126 Å². The molecule has 0 N–H and O–H groups in total. The van der Waals surface area contributed by atoms with Gasteiger partial charge >= 0.3 is 0 Å². The van der Waals surface area contributed by atoms with Crippen LogP contribution in [0.3, 0.4) is 0 Å². The molecule has 0 aromatic heterocycles. The van der Waals surface area contributed by atoms with Gasteiger partial charge in [0.15, 0.2) is 0 Å². The van der Waals surface area contributed by atoms with Crippen LogP contribution >= 0.6 is 0 Å².